The summed E-state index contributed by atoms with van der Waals surface area (Å²) in [4.78, 5) is 37.4. The number of hydrogen-bond donors (Lipinski definition) is 1. The zero-order chi connectivity index (χ0) is 22.5. The number of carbonyl (C=O) groups is 2. The number of hydrogen-bond acceptors (Lipinski definition) is 6. The Morgan fingerprint density at radius 1 is 0.875 bits per heavy atom. The lowest BCUT2D eigenvalue weighted by atomic mass is 10.1. The van der Waals surface area contributed by atoms with Gasteiger partial charge in [-0.1, -0.05) is 6.07 Å². The van der Waals surface area contributed by atoms with E-state index in [0.29, 0.717) is 19.6 Å². The van der Waals surface area contributed by atoms with E-state index in [1.165, 1.54) is 0 Å². The topological polar surface area (TPSA) is 72.0 Å². The number of carbonyl (C=O) groups excluding carboxylic acids is 2. The van der Waals surface area contributed by atoms with E-state index < -0.39 is 0 Å². The molecule has 170 valence electrons. The smallest absolute Gasteiger partial charge is 0.317 e. The van der Waals surface area contributed by atoms with Gasteiger partial charge in [-0.3, -0.25) is 4.79 Å². The average molecular weight is 437 g/mol. The fraction of sp³-hybridized carbons (Fsp3) is 0.458. The van der Waals surface area contributed by atoms with Gasteiger partial charge in [-0.2, -0.15) is 0 Å². The Morgan fingerprint density at radius 3 is 2.12 bits per heavy atom. The van der Waals surface area contributed by atoms with Crippen LogP contribution in [0.4, 0.5) is 16.3 Å². The standard InChI is InChI=1S/C24H32N6O2/c1-19(31)21-4-6-22(7-5-21)28-13-15-30(16-14-28)24(32)26-18-20-3-8-23(25-17-20)29-11-9-27(2)10-12-29/h3-8,17H,9-16,18H2,1-2H3,(H,26,32). The molecule has 1 aromatic heterocycles. The van der Waals surface area contributed by atoms with Gasteiger partial charge in [-0.25, -0.2) is 9.78 Å². The molecule has 2 fully saturated rings. The fourth-order valence-electron chi connectivity index (χ4n) is 4.11. The quantitative estimate of drug-likeness (QED) is 0.724. The predicted octanol–water partition coefficient (Wildman–Crippen LogP) is 2.07. The lowest BCUT2D eigenvalue weighted by Crippen LogP contribution is -2.51. The molecule has 1 N–H and O–H groups in total. The van der Waals surface area contributed by atoms with Gasteiger partial charge in [0.05, 0.1) is 0 Å². The molecule has 0 saturated carbocycles. The number of ketones is 1. The lowest BCUT2D eigenvalue weighted by molar-refractivity contribution is 0.101. The molecular formula is C24H32N6O2. The predicted molar refractivity (Wildman–Crippen MR) is 126 cm³/mol. The molecule has 2 aliphatic heterocycles. The highest BCUT2D eigenvalue weighted by Crippen LogP contribution is 2.18. The SMILES string of the molecule is CC(=O)c1ccc(N2CCN(C(=O)NCc3ccc(N4CCN(C)CC4)nc3)CC2)cc1. The third-order valence-electron chi connectivity index (χ3n) is 6.29. The van der Waals surface area contributed by atoms with E-state index in [9.17, 15) is 9.59 Å². The van der Waals surface area contributed by atoms with E-state index in [1.807, 2.05) is 47.5 Å². The summed E-state index contributed by atoms with van der Waals surface area (Å²) >= 11 is 0. The monoisotopic (exact) mass is 436 g/mol. The summed E-state index contributed by atoms with van der Waals surface area (Å²) < 4.78 is 0. The maximum Gasteiger partial charge on any atom is 0.317 e. The Labute approximate surface area is 189 Å². The lowest BCUT2D eigenvalue weighted by Gasteiger charge is -2.36. The van der Waals surface area contributed by atoms with Crippen molar-refractivity contribution in [2.45, 2.75) is 13.5 Å². The molecule has 2 saturated heterocycles. The Hall–Kier alpha value is -3.13. The largest absolute Gasteiger partial charge is 0.368 e. The summed E-state index contributed by atoms with van der Waals surface area (Å²) in [6, 6.07) is 11.7. The third-order valence-corrected chi connectivity index (χ3v) is 6.29. The molecule has 2 aromatic rings. The highest BCUT2D eigenvalue weighted by atomic mass is 16.2. The zero-order valence-electron chi connectivity index (χ0n) is 19.0. The number of rotatable bonds is 5. The minimum atomic E-state index is -0.0419. The first-order chi connectivity index (χ1) is 15.5. The van der Waals surface area contributed by atoms with Crippen molar-refractivity contribution in [2.24, 2.45) is 0 Å². The molecule has 0 aliphatic carbocycles. The molecule has 0 unspecified atom stereocenters. The first-order valence-electron chi connectivity index (χ1n) is 11.3. The number of nitrogens with zero attached hydrogens (tertiary/aromatic N) is 5. The van der Waals surface area contributed by atoms with Crippen molar-refractivity contribution >= 4 is 23.3 Å². The van der Waals surface area contributed by atoms with Gasteiger partial charge in [0, 0.05) is 76.4 Å². The van der Waals surface area contributed by atoms with E-state index >= 15 is 0 Å². The number of anilines is 2. The van der Waals surface area contributed by atoms with Crippen LogP contribution in [0.2, 0.25) is 0 Å². The van der Waals surface area contributed by atoms with Crippen LogP contribution in [-0.2, 0) is 6.54 Å². The second kappa shape index (κ2) is 9.99. The maximum atomic E-state index is 12.6. The number of urea groups is 1. The van der Waals surface area contributed by atoms with Crippen LogP contribution in [0.25, 0.3) is 0 Å². The Morgan fingerprint density at radius 2 is 1.53 bits per heavy atom. The van der Waals surface area contributed by atoms with Gasteiger partial charge in [0.1, 0.15) is 5.82 Å². The summed E-state index contributed by atoms with van der Waals surface area (Å²) in [5.41, 5.74) is 2.81. The second-order valence-corrected chi connectivity index (χ2v) is 8.55. The number of benzene rings is 1. The average Bonchev–Trinajstić information content (AvgIpc) is 2.83. The van der Waals surface area contributed by atoms with Crippen LogP contribution < -0.4 is 15.1 Å². The van der Waals surface area contributed by atoms with Crippen molar-refractivity contribution in [3.8, 4) is 0 Å². The van der Waals surface area contributed by atoms with Crippen molar-refractivity contribution in [3.05, 3.63) is 53.7 Å². The molecule has 0 bridgehead atoms. The fourth-order valence-corrected chi connectivity index (χ4v) is 4.11. The van der Waals surface area contributed by atoms with Crippen molar-refractivity contribution in [1.82, 2.24) is 20.1 Å². The van der Waals surface area contributed by atoms with Crippen LogP contribution in [0.5, 0.6) is 0 Å². The molecule has 8 heteroatoms. The van der Waals surface area contributed by atoms with E-state index in [4.69, 9.17) is 0 Å². The van der Waals surface area contributed by atoms with Crippen LogP contribution >= 0.6 is 0 Å². The Kier molecular flexibility index (Phi) is 6.90. The van der Waals surface area contributed by atoms with Crippen LogP contribution in [0.3, 0.4) is 0 Å². The van der Waals surface area contributed by atoms with E-state index in [-0.39, 0.29) is 11.8 Å². The van der Waals surface area contributed by atoms with Gasteiger partial charge < -0.3 is 24.9 Å². The maximum absolute atomic E-state index is 12.6. The molecule has 4 rings (SSSR count). The number of Topliss-reactive ketones (excluding diaryl/α,β-unsaturated/α-hetero) is 1. The van der Waals surface area contributed by atoms with Gasteiger partial charge in [-0.15, -0.1) is 0 Å². The van der Waals surface area contributed by atoms with E-state index in [1.54, 1.807) is 6.92 Å². The third kappa shape index (κ3) is 5.37. The first kappa shape index (κ1) is 22.1. The van der Waals surface area contributed by atoms with E-state index in [0.717, 1.165) is 61.9 Å². The van der Waals surface area contributed by atoms with Crippen LogP contribution in [0.1, 0.15) is 22.8 Å². The van der Waals surface area contributed by atoms with Gasteiger partial charge in [0.2, 0.25) is 0 Å². The van der Waals surface area contributed by atoms with Gasteiger partial charge in [-0.05, 0) is 49.9 Å². The molecule has 32 heavy (non-hydrogen) atoms. The number of aromatic nitrogens is 1. The van der Waals surface area contributed by atoms with Gasteiger partial charge >= 0.3 is 6.03 Å². The highest BCUT2D eigenvalue weighted by Gasteiger charge is 2.21. The molecule has 2 amide bonds. The molecule has 3 heterocycles. The number of nitrogens with one attached hydrogen (secondary N) is 1. The Balaban J connectivity index is 1.22. The molecule has 2 aliphatic rings. The number of pyridine rings is 1. The number of likely N-dealkylation sites (N-methyl/N-ethyl adjacent to an activating group) is 1. The van der Waals surface area contributed by atoms with Gasteiger partial charge in [0.15, 0.2) is 5.78 Å². The molecular weight excluding hydrogens is 404 g/mol. The summed E-state index contributed by atoms with van der Waals surface area (Å²) in [6.07, 6.45) is 1.86. The number of amides is 2. The molecule has 1 aromatic carbocycles. The van der Waals surface area contributed by atoms with Crippen molar-refractivity contribution in [3.63, 3.8) is 0 Å². The minimum absolute atomic E-state index is 0.0419. The number of piperazine rings is 2. The molecule has 8 nitrogen and oxygen atoms in total. The van der Waals surface area contributed by atoms with Crippen molar-refractivity contribution in [1.29, 1.82) is 0 Å². The highest BCUT2D eigenvalue weighted by molar-refractivity contribution is 5.94. The Bertz CT molecular complexity index is 915. The van der Waals surface area contributed by atoms with Crippen LogP contribution in [0.15, 0.2) is 42.6 Å². The van der Waals surface area contributed by atoms with Crippen molar-refractivity contribution in [2.75, 3.05) is 69.2 Å². The van der Waals surface area contributed by atoms with Crippen molar-refractivity contribution < 1.29 is 9.59 Å². The minimum Gasteiger partial charge on any atom is -0.368 e. The molecule has 0 atom stereocenters. The molecule has 0 radical (unpaired) electrons. The van der Waals surface area contributed by atoms with Crippen LogP contribution in [-0.4, -0.2) is 86.0 Å². The normalized spacial score (nSPS) is 17.4. The molecule has 0 spiro atoms. The summed E-state index contributed by atoms with van der Waals surface area (Å²) in [6.45, 7) is 9.02. The van der Waals surface area contributed by atoms with Crippen LogP contribution in [0, 0.1) is 0 Å². The van der Waals surface area contributed by atoms with E-state index in [2.05, 4.69) is 32.0 Å². The summed E-state index contributed by atoms with van der Waals surface area (Å²) in [7, 11) is 2.14. The summed E-state index contributed by atoms with van der Waals surface area (Å²) in [5, 5.41) is 3.02. The summed E-state index contributed by atoms with van der Waals surface area (Å²) in [5.74, 6) is 1.07. The van der Waals surface area contributed by atoms with Gasteiger partial charge in [0.25, 0.3) is 0 Å². The second-order valence-electron chi connectivity index (χ2n) is 8.55. The first-order valence-corrected chi connectivity index (χ1v) is 11.3. The zero-order valence-corrected chi connectivity index (χ0v) is 19.0.